The van der Waals surface area contributed by atoms with Crippen molar-refractivity contribution in [2.24, 2.45) is 10.9 Å². The summed E-state index contributed by atoms with van der Waals surface area (Å²) >= 11 is 0. The molecule has 106 valence electrons. The van der Waals surface area contributed by atoms with E-state index in [1.807, 2.05) is 33.2 Å². The lowest BCUT2D eigenvalue weighted by molar-refractivity contribution is 0.113. The summed E-state index contributed by atoms with van der Waals surface area (Å²) in [7, 11) is 4.01. The lowest BCUT2D eigenvalue weighted by Crippen LogP contribution is -2.43. The molecule has 0 saturated carbocycles. The number of aryl methyl sites for hydroxylation is 1. The maximum absolute atomic E-state index is 8.82. The van der Waals surface area contributed by atoms with Crippen molar-refractivity contribution in [1.29, 1.82) is 0 Å². The van der Waals surface area contributed by atoms with Crippen molar-refractivity contribution in [2.75, 3.05) is 20.7 Å². The van der Waals surface area contributed by atoms with Crippen molar-refractivity contribution in [3.8, 4) is 5.75 Å². The summed E-state index contributed by atoms with van der Waals surface area (Å²) in [5.41, 5.74) is 7.13. The molecule has 0 saturated heterocycles. The van der Waals surface area contributed by atoms with Gasteiger partial charge < -0.3 is 20.6 Å². The molecule has 0 spiro atoms. The molecule has 5 heteroatoms. The van der Waals surface area contributed by atoms with Crippen molar-refractivity contribution in [3.63, 3.8) is 0 Å². The smallest absolute Gasteiger partial charge is 0.173 e. The second-order valence-corrected chi connectivity index (χ2v) is 5.43. The van der Waals surface area contributed by atoms with Gasteiger partial charge in [0, 0.05) is 5.54 Å². The molecule has 0 atom stereocenters. The van der Waals surface area contributed by atoms with Gasteiger partial charge in [0.1, 0.15) is 12.4 Å². The van der Waals surface area contributed by atoms with Crippen LogP contribution in [0.4, 0.5) is 0 Å². The van der Waals surface area contributed by atoms with Crippen molar-refractivity contribution < 1.29 is 9.94 Å². The van der Waals surface area contributed by atoms with E-state index in [0.717, 1.165) is 5.56 Å². The number of rotatable bonds is 5. The first-order valence-electron chi connectivity index (χ1n) is 6.17. The molecule has 5 nitrogen and oxygen atoms in total. The normalized spacial score (nSPS) is 12.8. The third-order valence-corrected chi connectivity index (χ3v) is 3.38. The average Bonchev–Trinajstić information content (AvgIpc) is 2.35. The average molecular weight is 265 g/mol. The molecule has 1 rings (SSSR count). The van der Waals surface area contributed by atoms with E-state index in [9.17, 15) is 0 Å². The molecule has 1 aromatic carbocycles. The third-order valence-electron chi connectivity index (χ3n) is 3.38. The monoisotopic (exact) mass is 265 g/mol. The van der Waals surface area contributed by atoms with E-state index in [1.54, 1.807) is 6.07 Å². The number of hydrogen-bond acceptors (Lipinski definition) is 4. The summed E-state index contributed by atoms with van der Waals surface area (Å²) in [4.78, 5) is 2.09. The van der Waals surface area contributed by atoms with Crippen LogP contribution in [0.1, 0.15) is 25.0 Å². The first-order chi connectivity index (χ1) is 8.79. The second kappa shape index (κ2) is 5.93. The highest BCUT2D eigenvalue weighted by Crippen LogP contribution is 2.25. The van der Waals surface area contributed by atoms with Crippen LogP contribution in [0.25, 0.3) is 0 Å². The number of nitrogens with two attached hydrogens (primary N) is 1. The first kappa shape index (κ1) is 15.3. The van der Waals surface area contributed by atoms with E-state index in [2.05, 4.69) is 23.9 Å². The van der Waals surface area contributed by atoms with Crippen LogP contribution >= 0.6 is 0 Å². The summed E-state index contributed by atoms with van der Waals surface area (Å²) in [6, 6.07) is 5.57. The standard InChI is InChI=1S/C14H23N3O2/c1-10-7-6-8-11(13(15)16-18)12(10)19-9-14(2,3)17(4)5/h6-8,18H,9H2,1-5H3,(H2,15,16). The Kier molecular flexibility index (Phi) is 4.78. The summed E-state index contributed by atoms with van der Waals surface area (Å²) in [6.45, 7) is 6.63. The highest BCUT2D eigenvalue weighted by Gasteiger charge is 2.22. The zero-order chi connectivity index (χ0) is 14.6. The van der Waals surface area contributed by atoms with Crippen LogP contribution in [-0.4, -0.2) is 42.2 Å². The molecule has 1 aromatic rings. The minimum atomic E-state index is -0.106. The van der Waals surface area contributed by atoms with E-state index in [-0.39, 0.29) is 11.4 Å². The van der Waals surface area contributed by atoms with Crippen molar-refractivity contribution in [1.82, 2.24) is 4.90 Å². The van der Waals surface area contributed by atoms with Crippen LogP contribution in [0.15, 0.2) is 23.4 Å². The summed E-state index contributed by atoms with van der Waals surface area (Å²) in [5, 5.41) is 11.9. The van der Waals surface area contributed by atoms with Gasteiger partial charge in [-0.25, -0.2) is 0 Å². The van der Waals surface area contributed by atoms with Crippen LogP contribution in [0.5, 0.6) is 5.75 Å². The predicted molar refractivity (Wildman–Crippen MR) is 77.0 cm³/mol. The number of amidine groups is 1. The summed E-state index contributed by atoms with van der Waals surface area (Å²) in [5.74, 6) is 0.717. The van der Waals surface area contributed by atoms with Gasteiger partial charge in [-0.05, 0) is 46.5 Å². The number of oxime groups is 1. The molecule has 0 aromatic heterocycles. The number of nitrogens with zero attached hydrogens (tertiary/aromatic N) is 2. The van der Waals surface area contributed by atoms with E-state index in [1.165, 1.54) is 0 Å². The van der Waals surface area contributed by atoms with Crippen molar-refractivity contribution in [2.45, 2.75) is 26.3 Å². The number of para-hydroxylation sites is 1. The molecule has 3 N–H and O–H groups in total. The molecule has 0 bridgehead atoms. The summed E-state index contributed by atoms with van der Waals surface area (Å²) < 4.78 is 5.90. The van der Waals surface area contributed by atoms with E-state index in [4.69, 9.17) is 15.7 Å². The molecular formula is C14H23N3O2. The molecule has 0 aliphatic carbocycles. The molecule has 0 aliphatic rings. The Morgan fingerprint density at radius 2 is 2.05 bits per heavy atom. The van der Waals surface area contributed by atoms with E-state index in [0.29, 0.717) is 17.9 Å². The fourth-order valence-corrected chi connectivity index (χ4v) is 1.48. The Morgan fingerprint density at radius 3 is 2.58 bits per heavy atom. The van der Waals surface area contributed by atoms with Crippen LogP contribution in [0.3, 0.4) is 0 Å². The van der Waals surface area contributed by atoms with Crippen LogP contribution in [-0.2, 0) is 0 Å². The largest absolute Gasteiger partial charge is 0.491 e. The predicted octanol–water partition coefficient (Wildman–Crippen LogP) is 1.81. The molecule has 0 radical (unpaired) electrons. The first-order valence-corrected chi connectivity index (χ1v) is 6.17. The maximum atomic E-state index is 8.82. The van der Waals surface area contributed by atoms with Crippen LogP contribution in [0, 0.1) is 6.92 Å². The highest BCUT2D eigenvalue weighted by atomic mass is 16.5. The molecule has 0 aliphatic heterocycles. The third kappa shape index (κ3) is 3.61. The van der Waals surface area contributed by atoms with Gasteiger partial charge in [0.2, 0.25) is 0 Å². The number of benzene rings is 1. The van der Waals surface area contributed by atoms with Gasteiger partial charge in [0.25, 0.3) is 0 Å². The fourth-order valence-electron chi connectivity index (χ4n) is 1.48. The van der Waals surface area contributed by atoms with Gasteiger partial charge in [0.15, 0.2) is 5.84 Å². The van der Waals surface area contributed by atoms with Gasteiger partial charge in [-0.1, -0.05) is 17.3 Å². The highest BCUT2D eigenvalue weighted by molar-refractivity contribution is 5.99. The fraction of sp³-hybridized carbons (Fsp3) is 0.500. The van der Waals surface area contributed by atoms with Gasteiger partial charge in [-0.3, -0.25) is 0 Å². The molecule has 0 fully saturated rings. The summed E-state index contributed by atoms with van der Waals surface area (Å²) in [6.07, 6.45) is 0. The molecule has 0 heterocycles. The minimum Gasteiger partial charge on any atom is -0.491 e. The van der Waals surface area contributed by atoms with Gasteiger partial charge in [0.05, 0.1) is 5.56 Å². The van der Waals surface area contributed by atoms with Gasteiger partial charge in [-0.15, -0.1) is 0 Å². The zero-order valence-corrected chi connectivity index (χ0v) is 12.3. The van der Waals surface area contributed by atoms with Crippen molar-refractivity contribution in [3.05, 3.63) is 29.3 Å². The Morgan fingerprint density at radius 1 is 1.42 bits per heavy atom. The SMILES string of the molecule is Cc1cccc(/C(N)=N/O)c1OCC(C)(C)N(C)C. The lowest BCUT2D eigenvalue weighted by atomic mass is 10.1. The molecule has 0 unspecified atom stereocenters. The quantitative estimate of drug-likeness (QED) is 0.368. The van der Waals surface area contributed by atoms with Gasteiger partial charge >= 0.3 is 0 Å². The van der Waals surface area contributed by atoms with Crippen LogP contribution < -0.4 is 10.5 Å². The van der Waals surface area contributed by atoms with Gasteiger partial charge in [-0.2, -0.15) is 0 Å². The maximum Gasteiger partial charge on any atom is 0.173 e. The number of likely N-dealkylation sites (N-methyl/N-ethyl adjacent to an activating group) is 1. The molecular weight excluding hydrogens is 242 g/mol. The topological polar surface area (TPSA) is 71.1 Å². The second-order valence-electron chi connectivity index (χ2n) is 5.43. The Balaban J connectivity index is 3.01. The Bertz CT molecular complexity index is 468. The van der Waals surface area contributed by atoms with Crippen LogP contribution in [0.2, 0.25) is 0 Å². The Labute approximate surface area is 114 Å². The molecule has 19 heavy (non-hydrogen) atoms. The minimum absolute atomic E-state index is 0.0568. The number of ether oxygens (including phenoxy) is 1. The van der Waals surface area contributed by atoms with Crippen molar-refractivity contribution >= 4 is 5.84 Å². The van der Waals surface area contributed by atoms with E-state index < -0.39 is 0 Å². The lowest BCUT2D eigenvalue weighted by Gasteiger charge is -2.32. The van der Waals surface area contributed by atoms with E-state index >= 15 is 0 Å². The Hall–Kier alpha value is -1.75. The zero-order valence-electron chi connectivity index (χ0n) is 12.3. The number of hydrogen-bond donors (Lipinski definition) is 2. The molecule has 0 amide bonds.